The molecule has 0 unspecified atom stereocenters. The fourth-order valence-corrected chi connectivity index (χ4v) is 2.89. The highest BCUT2D eigenvalue weighted by atomic mass is 35.5. The Hall–Kier alpha value is -2.51. The van der Waals surface area contributed by atoms with Crippen molar-refractivity contribution in [3.8, 4) is 5.75 Å². The molecule has 2 N–H and O–H groups in total. The summed E-state index contributed by atoms with van der Waals surface area (Å²) in [5, 5.41) is 3.17. The van der Waals surface area contributed by atoms with Crippen LogP contribution < -0.4 is 10.1 Å². The molecule has 0 fully saturated rings. The van der Waals surface area contributed by atoms with Crippen molar-refractivity contribution >= 4 is 29.2 Å². The number of ether oxygens (including phenoxy) is 3. The summed E-state index contributed by atoms with van der Waals surface area (Å²) in [6.45, 7) is 6.08. The lowest BCUT2D eigenvalue weighted by molar-refractivity contribution is 0.0387. The molecule has 1 amide bonds. The molecule has 2 rings (SSSR count). The molecular formula is C19H23ClN2O5. The van der Waals surface area contributed by atoms with Gasteiger partial charge in [-0.15, -0.1) is 0 Å². The lowest BCUT2D eigenvalue weighted by Crippen LogP contribution is -2.15. The van der Waals surface area contributed by atoms with E-state index in [4.69, 9.17) is 25.8 Å². The highest BCUT2D eigenvalue weighted by Gasteiger charge is 2.24. The number of benzene rings is 1. The Morgan fingerprint density at radius 2 is 1.96 bits per heavy atom. The normalized spacial score (nSPS) is 10.6. The summed E-state index contributed by atoms with van der Waals surface area (Å²) in [5.41, 5.74) is 2.12. The van der Waals surface area contributed by atoms with Gasteiger partial charge in [-0.25, -0.2) is 4.79 Å². The van der Waals surface area contributed by atoms with Crippen LogP contribution in [0.5, 0.6) is 5.75 Å². The van der Waals surface area contributed by atoms with E-state index in [0.29, 0.717) is 46.5 Å². The fraction of sp³-hybridized carbons (Fsp3) is 0.368. The van der Waals surface area contributed by atoms with Crippen molar-refractivity contribution in [2.75, 3.05) is 32.2 Å². The summed E-state index contributed by atoms with van der Waals surface area (Å²) in [7, 11) is 1.52. The van der Waals surface area contributed by atoms with Crippen LogP contribution in [-0.2, 0) is 9.47 Å². The van der Waals surface area contributed by atoms with Gasteiger partial charge in [0, 0.05) is 12.8 Å². The summed E-state index contributed by atoms with van der Waals surface area (Å²) in [6.07, 6.45) is 0. The number of aromatic amines is 1. The molecule has 0 aliphatic rings. The smallest absolute Gasteiger partial charge is 0.340 e. The Labute approximate surface area is 162 Å². The first kappa shape index (κ1) is 20.8. The van der Waals surface area contributed by atoms with E-state index in [9.17, 15) is 9.59 Å². The molecule has 0 saturated carbocycles. The number of halogens is 1. The predicted octanol–water partition coefficient (Wildman–Crippen LogP) is 3.74. The first-order valence-corrected chi connectivity index (χ1v) is 8.86. The molecule has 0 atom stereocenters. The Bertz CT molecular complexity index is 832. The number of para-hydroxylation sites is 1. The van der Waals surface area contributed by atoms with E-state index in [0.717, 1.165) is 0 Å². The molecule has 27 heavy (non-hydrogen) atoms. The maximum Gasteiger partial charge on any atom is 0.340 e. The second-order valence-corrected chi connectivity index (χ2v) is 6.16. The van der Waals surface area contributed by atoms with Crippen LogP contribution in [0.4, 0.5) is 5.69 Å². The Balaban J connectivity index is 2.24. The first-order chi connectivity index (χ1) is 12.9. The van der Waals surface area contributed by atoms with Crippen LogP contribution in [-0.4, -0.2) is 43.8 Å². The van der Waals surface area contributed by atoms with Gasteiger partial charge in [0.2, 0.25) is 0 Å². The molecule has 1 aromatic carbocycles. The van der Waals surface area contributed by atoms with E-state index in [1.54, 1.807) is 32.0 Å². The Kier molecular flexibility index (Phi) is 7.27. The van der Waals surface area contributed by atoms with Crippen molar-refractivity contribution in [3.05, 3.63) is 45.7 Å². The standard InChI is InChI=1S/C19H23ClN2O5/c1-5-26-17-13(20)7-6-8-14(17)22-18(23)16-11(2)15(12(3)21-16)19(24)27-10-9-25-4/h6-8,21H,5,9-10H2,1-4H3,(H,22,23). The molecule has 0 aliphatic carbocycles. The van der Waals surface area contributed by atoms with Crippen molar-refractivity contribution in [1.29, 1.82) is 0 Å². The van der Waals surface area contributed by atoms with Crippen LogP contribution in [0, 0.1) is 13.8 Å². The number of nitrogens with one attached hydrogen (secondary N) is 2. The van der Waals surface area contributed by atoms with Crippen LogP contribution in [0.3, 0.4) is 0 Å². The van der Waals surface area contributed by atoms with Crippen LogP contribution in [0.25, 0.3) is 0 Å². The van der Waals surface area contributed by atoms with Crippen molar-refractivity contribution in [2.24, 2.45) is 0 Å². The van der Waals surface area contributed by atoms with E-state index < -0.39 is 11.9 Å². The van der Waals surface area contributed by atoms with Crippen molar-refractivity contribution in [1.82, 2.24) is 4.98 Å². The molecule has 0 saturated heterocycles. The topological polar surface area (TPSA) is 89.7 Å². The number of aromatic nitrogens is 1. The zero-order valence-electron chi connectivity index (χ0n) is 15.8. The van der Waals surface area contributed by atoms with Gasteiger partial charge < -0.3 is 24.5 Å². The molecule has 1 aromatic heterocycles. The van der Waals surface area contributed by atoms with Gasteiger partial charge in [-0.3, -0.25) is 4.79 Å². The molecule has 0 radical (unpaired) electrons. The highest BCUT2D eigenvalue weighted by Crippen LogP contribution is 2.33. The maximum atomic E-state index is 12.7. The number of H-pyrrole nitrogens is 1. The second kappa shape index (κ2) is 9.43. The zero-order valence-corrected chi connectivity index (χ0v) is 16.5. The Morgan fingerprint density at radius 3 is 2.63 bits per heavy atom. The summed E-state index contributed by atoms with van der Waals surface area (Å²) in [6, 6.07) is 5.09. The molecular weight excluding hydrogens is 372 g/mol. The van der Waals surface area contributed by atoms with Gasteiger partial charge in [0.25, 0.3) is 5.91 Å². The summed E-state index contributed by atoms with van der Waals surface area (Å²) in [4.78, 5) is 28.0. The molecule has 7 nitrogen and oxygen atoms in total. The lowest BCUT2D eigenvalue weighted by atomic mass is 10.1. The molecule has 0 aliphatic heterocycles. The third-order valence-electron chi connectivity index (χ3n) is 3.89. The number of esters is 1. The monoisotopic (exact) mass is 394 g/mol. The van der Waals surface area contributed by atoms with Crippen LogP contribution in [0.15, 0.2) is 18.2 Å². The molecule has 1 heterocycles. The minimum atomic E-state index is -0.505. The number of aryl methyl sites for hydroxylation is 1. The van der Waals surface area contributed by atoms with Gasteiger partial charge in [0.15, 0.2) is 5.75 Å². The number of amides is 1. The van der Waals surface area contributed by atoms with Gasteiger partial charge in [0.05, 0.1) is 29.5 Å². The fourth-order valence-electron chi connectivity index (χ4n) is 2.66. The lowest BCUT2D eigenvalue weighted by Gasteiger charge is -2.12. The van der Waals surface area contributed by atoms with E-state index in [2.05, 4.69) is 10.3 Å². The average molecular weight is 395 g/mol. The van der Waals surface area contributed by atoms with Crippen LogP contribution in [0.1, 0.15) is 39.0 Å². The van der Waals surface area contributed by atoms with Crippen molar-refractivity contribution in [2.45, 2.75) is 20.8 Å². The third-order valence-corrected chi connectivity index (χ3v) is 4.19. The molecule has 2 aromatic rings. The second-order valence-electron chi connectivity index (χ2n) is 5.76. The van der Waals surface area contributed by atoms with Crippen molar-refractivity contribution < 1.29 is 23.8 Å². The average Bonchev–Trinajstić information content (AvgIpc) is 2.92. The summed E-state index contributed by atoms with van der Waals surface area (Å²) >= 11 is 6.14. The largest absolute Gasteiger partial charge is 0.490 e. The minimum absolute atomic E-state index is 0.140. The maximum absolute atomic E-state index is 12.7. The number of hydrogen-bond acceptors (Lipinski definition) is 5. The third kappa shape index (κ3) is 4.81. The summed E-state index contributed by atoms with van der Waals surface area (Å²) in [5.74, 6) is -0.514. The number of carbonyl (C=O) groups is 2. The number of rotatable bonds is 8. The number of methoxy groups -OCH3 is 1. The zero-order chi connectivity index (χ0) is 20.0. The SMILES string of the molecule is CCOc1c(Cl)cccc1NC(=O)c1[nH]c(C)c(C(=O)OCCOC)c1C. The predicted molar refractivity (Wildman–Crippen MR) is 103 cm³/mol. The minimum Gasteiger partial charge on any atom is -0.490 e. The van der Waals surface area contributed by atoms with Crippen LogP contribution in [0.2, 0.25) is 5.02 Å². The first-order valence-electron chi connectivity index (χ1n) is 8.48. The quantitative estimate of drug-likeness (QED) is 0.526. The molecule has 0 spiro atoms. The summed E-state index contributed by atoms with van der Waals surface area (Å²) < 4.78 is 15.5. The molecule has 146 valence electrons. The van der Waals surface area contributed by atoms with Gasteiger partial charge in [-0.05, 0) is 38.5 Å². The molecule has 8 heteroatoms. The highest BCUT2D eigenvalue weighted by molar-refractivity contribution is 6.32. The van der Waals surface area contributed by atoms with Gasteiger partial charge >= 0.3 is 5.97 Å². The van der Waals surface area contributed by atoms with Gasteiger partial charge in [0.1, 0.15) is 12.3 Å². The van der Waals surface area contributed by atoms with Crippen molar-refractivity contribution in [3.63, 3.8) is 0 Å². The molecule has 0 bridgehead atoms. The van der Waals surface area contributed by atoms with E-state index >= 15 is 0 Å². The number of carbonyl (C=O) groups excluding carboxylic acids is 2. The van der Waals surface area contributed by atoms with Gasteiger partial charge in [-0.2, -0.15) is 0 Å². The van der Waals surface area contributed by atoms with Crippen LogP contribution >= 0.6 is 11.6 Å². The number of anilines is 1. The Morgan fingerprint density at radius 1 is 1.22 bits per heavy atom. The number of hydrogen-bond donors (Lipinski definition) is 2. The van der Waals surface area contributed by atoms with E-state index in [-0.39, 0.29) is 12.3 Å². The van der Waals surface area contributed by atoms with Gasteiger partial charge in [-0.1, -0.05) is 17.7 Å². The van der Waals surface area contributed by atoms with E-state index in [1.165, 1.54) is 7.11 Å². The van der Waals surface area contributed by atoms with E-state index in [1.807, 2.05) is 6.92 Å².